The van der Waals surface area contributed by atoms with Crippen LogP contribution in [0.5, 0.6) is 5.75 Å². The van der Waals surface area contributed by atoms with Crippen LogP contribution >= 0.6 is 11.6 Å². The van der Waals surface area contributed by atoms with Crippen molar-refractivity contribution in [2.24, 2.45) is 0 Å². The fraction of sp³-hybridized carbons (Fsp3) is 0.667. The van der Waals surface area contributed by atoms with E-state index in [1.807, 2.05) is 25.1 Å². The number of hydrogen-bond acceptors (Lipinski definition) is 4. The second-order valence-corrected chi connectivity index (χ2v) is 6.62. The summed E-state index contributed by atoms with van der Waals surface area (Å²) in [5, 5.41) is 10.6. The van der Waals surface area contributed by atoms with Crippen molar-refractivity contribution in [3.05, 3.63) is 28.8 Å². The number of aliphatic hydroxyl groups is 1. The maximum Gasteiger partial charge on any atom is 0.137 e. The van der Waals surface area contributed by atoms with Crippen molar-refractivity contribution in [1.29, 1.82) is 0 Å². The summed E-state index contributed by atoms with van der Waals surface area (Å²) in [5.41, 5.74) is 1.05. The van der Waals surface area contributed by atoms with Gasteiger partial charge in [0, 0.05) is 25.7 Å². The van der Waals surface area contributed by atoms with E-state index in [9.17, 15) is 5.11 Å². The number of hydrogen-bond donors (Lipinski definition) is 1. The Labute approximate surface area is 145 Å². The van der Waals surface area contributed by atoms with Crippen LogP contribution in [0.25, 0.3) is 0 Å². The highest BCUT2D eigenvalue weighted by molar-refractivity contribution is 6.32. The second-order valence-electron chi connectivity index (χ2n) is 6.21. The van der Waals surface area contributed by atoms with Gasteiger partial charge in [-0.25, -0.2) is 0 Å². The normalized spacial score (nSPS) is 21.3. The van der Waals surface area contributed by atoms with Crippen molar-refractivity contribution in [3.63, 3.8) is 0 Å². The van der Waals surface area contributed by atoms with Crippen LogP contribution in [0.15, 0.2) is 18.2 Å². The summed E-state index contributed by atoms with van der Waals surface area (Å²) in [5.74, 6) is 0.704. The summed E-state index contributed by atoms with van der Waals surface area (Å²) in [6.07, 6.45) is 1.19. The van der Waals surface area contributed by atoms with Gasteiger partial charge >= 0.3 is 0 Å². The Morgan fingerprint density at radius 3 is 2.70 bits per heavy atom. The predicted octanol–water partition coefficient (Wildman–Crippen LogP) is 3.19. The van der Waals surface area contributed by atoms with Gasteiger partial charge in [-0.15, -0.1) is 0 Å². The SMILES string of the molecule is CCCN1CCN(C(CO)c2ccc(OCC)c(Cl)c2)C(C)C1. The third kappa shape index (κ3) is 4.60. The smallest absolute Gasteiger partial charge is 0.137 e. The summed E-state index contributed by atoms with van der Waals surface area (Å²) in [6.45, 7) is 11.3. The zero-order valence-electron chi connectivity index (χ0n) is 14.5. The Morgan fingerprint density at radius 2 is 2.13 bits per heavy atom. The Kier molecular flexibility index (Phi) is 7.15. The second kappa shape index (κ2) is 8.88. The lowest BCUT2D eigenvalue weighted by atomic mass is 10.0. The van der Waals surface area contributed by atoms with Crippen LogP contribution in [-0.2, 0) is 0 Å². The number of halogens is 1. The number of rotatable bonds is 7. The molecule has 130 valence electrons. The molecule has 1 N–H and O–H groups in total. The van der Waals surface area contributed by atoms with Crippen LogP contribution in [0, 0.1) is 0 Å². The minimum Gasteiger partial charge on any atom is -0.492 e. The van der Waals surface area contributed by atoms with E-state index in [4.69, 9.17) is 16.3 Å². The molecule has 0 spiro atoms. The van der Waals surface area contributed by atoms with E-state index in [-0.39, 0.29) is 12.6 Å². The quantitative estimate of drug-likeness (QED) is 0.827. The molecule has 5 heteroatoms. The molecule has 0 amide bonds. The minimum atomic E-state index is -0.0121. The monoisotopic (exact) mass is 340 g/mol. The molecule has 2 unspecified atom stereocenters. The molecule has 1 heterocycles. The zero-order chi connectivity index (χ0) is 16.8. The van der Waals surface area contributed by atoms with E-state index in [2.05, 4.69) is 23.6 Å². The third-order valence-corrected chi connectivity index (χ3v) is 4.81. The van der Waals surface area contributed by atoms with E-state index in [1.54, 1.807) is 0 Å². The maximum atomic E-state index is 9.95. The first-order chi connectivity index (χ1) is 11.1. The summed E-state index contributed by atoms with van der Waals surface area (Å²) >= 11 is 6.32. The van der Waals surface area contributed by atoms with Gasteiger partial charge in [0.2, 0.25) is 0 Å². The third-order valence-electron chi connectivity index (χ3n) is 4.52. The van der Waals surface area contributed by atoms with E-state index in [1.165, 1.54) is 6.42 Å². The molecule has 23 heavy (non-hydrogen) atoms. The number of nitrogens with zero attached hydrogens (tertiary/aromatic N) is 2. The maximum absolute atomic E-state index is 9.95. The van der Waals surface area contributed by atoms with E-state index >= 15 is 0 Å². The van der Waals surface area contributed by atoms with Crippen molar-refractivity contribution in [2.45, 2.75) is 39.3 Å². The topological polar surface area (TPSA) is 35.9 Å². The van der Waals surface area contributed by atoms with Gasteiger partial charge in [-0.1, -0.05) is 24.6 Å². The molecular weight excluding hydrogens is 312 g/mol. The largest absolute Gasteiger partial charge is 0.492 e. The molecule has 0 aliphatic carbocycles. The van der Waals surface area contributed by atoms with Crippen molar-refractivity contribution in [3.8, 4) is 5.75 Å². The van der Waals surface area contributed by atoms with Gasteiger partial charge in [-0.3, -0.25) is 4.90 Å². The molecule has 0 aromatic heterocycles. The van der Waals surface area contributed by atoms with E-state index in [0.29, 0.717) is 23.4 Å². The molecule has 1 aromatic rings. The molecule has 0 bridgehead atoms. The van der Waals surface area contributed by atoms with Gasteiger partial charge in [0.15, 0.2) is 0 Å². The van der Waals surface area contributed by atoms with Gasteiger partial charge in [-0.05, 0) is 44.5 Å². The van der Waals surface area contributed by atoms with Gasteiger partial charge in [0.25, 0.3) is 0 Å². The van der Waals surface area contributed by atoms with Crippen LogP contribution < -0.4 is 4.74 Å². The summed E-state index contributed by atoms with van der Waals surface area (Å²) in [4.78, 5) is 4.89. The summed E-state index contributed by atoms with van der Waals surface area (Å²) in [6, 6.07) is 6.25. The fourth-order valence-corrected chi connectivity index (χ4v) is 3.67. The number of benzene rings is 1. The van der Waals surface area contributed by atoms with Gasteiger partial charge in [0.05, 0.1) is 24.3 Å². The van der Waals surface area contributed by atoms with Crippen molar-refractivity contribution in [1.82, 2.24) is 9.80 Å². The lowest BCUT2D eigenvalue weighted by molar-refractivity contribution is 0.0252. The lowest BCUT2D eigenvalue weighted by Crippen LogP contribution is -2.53. The number of aliphatic hydroxyl groups excluding tert-OH is 1. The Bertz CT molecular complexity index is 498. The van der Waals surface area contributed by atoms with Crippen molar-refractivity contribution in [2.75, 3.05) is 39.4 Å². The van der Waals surface area contributed by atoms with E-state index in [0.717, 1.165) is 31.7 Å². The molecule has 1 aromatic carbocycles. The highest BCUT2D eigenvalue weighted by Crippen LogP contribution is 2.31. The van der Waals surface area contributed by atoms with Crippen molar-refractivity contribution < 1.29 is 9.84 Å². The molecule has 0 saturated carbocycles. The van der Waals surface area contributed by atoms with Crippen LogP contribution in [0.1, 0.15) is 38.8 Å². The highest BCUT2D eigenvalue weighted by atomic mass is 35.5. The summed E-state index contributed by atoms with van der Waals surface area (Å²) in [7, 11) is 0. The first-order valence-electron chi connectivity index (χ1n) is 8.61. The predicted molar refractivity (Wildman–Crippen MR) is 95.3 cm³/mol. The molecule has 0 radical (unpaired) electrons. The molecule has 4 nitrogen and oxygen atoms in total. The number of ether oxygens (including phenoxy) is 1. The first-order valence-corrected chi connectivity index (χ1v) is 8.99. The highest BCUT2D eigenvalue weighted by Gasteiger charge is 2.29. The molecular formula is C18H29ClN2O2. The molecule has 2 atom stereocenters. The fourth-order valence-electron chi connectivity index (χ4n) is 3.43. The lowest BCUT2D eigenvalue weighted by Gasteiger charge is -2.43. The molecule has 1 fully saturated rings. The summed E-state index contributed by atoms with van der Waals surface area (Å²) < 4.78 is 5.50. The Morgan fingerprint density at radius 1 is 1.35 bits per heavy atom. The standard InChI is InChI=1S/C18H29ClN2O2/c1-4-8-20-9-10-21(14(3)12-20)17(13-22)15-6-7-18(23-5-2)16(19)11-15/h6-7,11,14,17,22H,4-5,8-10,12-13H2,1-3H3. The first kappa shape index (κ1) is 18.5. The molecule has 1 saturated heterocycles. The minimum absolute atomic E-state index is 0.0121. The molecule has 2 rings (SSSR count). The van der Waals surface area contributed by atoms with Crippen LogP contribution in [-0.4, -0.2) is 60.3 Å². The van der Waals surface area contributed by atoms with Crippen LogP contribution in [0.3, 0.4) is 0 Å². The average Bonchev–Trinajstić information content (AvgIpc) is 2.53. The van der Waals surface area contributed by atoms with Crippen molar-refractivity contribution >= 4 is 11.6 Å². The van der Waals surface area contributed by atoms with Gasteiger partial charge < -0.3 is 14.7 Å². The zero-order valence-corrected chi connectivity index (χ0v) is 15.2. The van der Waals surface area contributed by atoms with Crippen LogP contribution in [0.4, 0.5) is 0 Å². The van der Waals surface area contributed by atoms with Gasteiger partial charge in [0.1, 0.15) is 5.75 Å². The van der Waals surface area contributed by atoms with Crippen LogP contribution in [0.2, 0.25) is 5.02 Å². The van der Waals surface area contributed by atoms with E-state index < -0.39 is 0 Å². The Balaban J connectivity index is 2.12. The average molecular weight is 341 g/mol. The Hall–Kier alpha value is -0.810. The van der Waals surface area contributed by atoms with Gasteiger partial charge in [-0.2, -0.15) is 0 Å². The molecule has 1 aliphatic rings. The molecule has 1 aliphatic heterocycles. The number of piperazine rings is 1.